The first-order valence-electron chi connectivity index (χ1n) is 9.56. The minimum atomic E-state index is -0.369. The molecule has 0 saturated carbocycles. The van der Waals surface area contributed by atoms with Gasteiger partial charge >= 0.3 is 0 Å². The van der Waals surface area contributed by atoms with Gasteiger partial charge in [-0.15, -0.1) is 0 Å². The maximum absolute atomic E-state index is 13.1. The van der Waals surface area contributed by atoms with E-state index >= 15 is 0 Å². The van der Waals surface area contributed by atoms with Crippen LogP contribution in [0.2, 0.25) is 0 Å². The topological polar surface area (TPSA) is 6.48 Å². The highest BCUT2D eigenvalue weighted by atomic mass is 31.1. The van der Waals surface area contributed by atoms with Gasteiger partial charge in [-0.2, -0.15) is 0 Å². The van der Waals surface area contributed by atoms with Gasteiger partial charge in [0.05, 0.1) is 6.67 Å². The molecule has 0 spiro atoms. The molecule has 4 heteroatoms. The molecule has 0 fully saturated rings. The lowest BCUT2D eigenvalue weighted by molar-refractivity contribution is 0.269. The highest BCUT2D eigenvalue weighted by Gasteiger charge is 2.17. The van der Waals surface area contributed by atoms with E-state index in [9.17, 15) is 4.39 Å². The van der Waals surface area contributed by atoms with Crippen LogP contribution in [0, 0.1) is 5.82 Å². The Balaban J connectivity index is 1.37. The van der Waals surface area contributed by atoms with Crippen LogP contribution in [0.3, 0.4) is 0 Å². The molecule has 0 saturated heterocycles. The van der Waals surface area contributed by atoms with E-state index in [1.807, 2.05) is 12.1 Å². The lowest BCUT2D eigenvalue weighted by Gasteiger charge is -2.25. The Morgan fingerprint density at radius 1 is 0.714 bits per heavy atom. The molecule has 1 aliphatic heterocycles. The number of halogens is 1. The standard InChI is InChI=1S/C24H24FN2P/c25-22-13-11-21(12-14-22)19-27-16-15-26(20-27)17-18-28(23-7-3-1-4-8-23)24-9-5-2-6-10-24/h1-16H,17-20H2. The highest BCUT2D eigenvalue weighted by Crippen LogP contribution is 2.33. The first-order valence-corrected chi connectivity index (χ1v) is 11.1. The summed E-state index contributed by atoms with van der Waals surface area (Å²) in [6, 6.07) is 28.5. The highest BCUT2D eigenvalue weighted by molar-refractivity contribution is 7.73. The Morgan fingerprint density at radius 3 is 1.89 bits per heavy atom. The molecule has 4 rings (SSSR count). The molecule has 142 valence electrons. The first-order chi connectivity index (χ1) is 13.8. The quantitative estimate of drug-likeness (QED) is 0.548. The Bertz CT molecular complexity index is 857. The van der Waals surface area contributed by atoms with E-state index in [1.165, 1.54) is 22.7 Å². The monoisotopic (exact) mass is 390 g/mol. The molecule has 0 bridgehead atoms. The SMILES string of the molecule is Fc1ccc(CN2C=CN(CCP(c3ccccc3)c3ccccc3)C2)cc1. The average molecular weight is 390 g/mol. The van der Waals surface area contributed by atoms with Crippen molar-refractivity contribution in [3.63, 3.8) is 0 Å². The summed E-state index contributed by atoms with van der Waals surface area (Å²) in [7, 11) is -0.369. The molecule has 0 aromatic heterocycles. The van der Waals surface area contributed by atoms with Crippen molar-refractivity contribution in [2.24, 2.45) is 0 Å². The second kappa shape index (κ2) is 9.03. The minimum Gasteiger partial charge on any atom is -0.358 e. The zero-order chi connectivity index (χ0) is 19.2. The maximum Gasteiger partial charge on any atom is 0.123 e. The Morgan fingerprint density at radius 2 is 1.29 bits per heavy atom. The number of hydrogen-bond donors (Lipinski definition) is 0. The molecular weight excluding hydrogens is 366 g/mol. The van der Waals surface area contributed by atoms with Crippen molar-refractivity contribution in [1.29, 1.82) is 0 Å². The van der Waals surface area contributed by atoms with Gasteiger partial charge in [0, 0.05) is 25.5 Å². The second-order valence-corrected chi connectivity index (χ2v) is 9.28. The smallest absolute Gasteiger partial charge is 0.123 e. The van der Waals surface area contributed by atoms with Gasteiger partial charge in [-0.25, -0.2) is 4.39 Å². The van der Waals surface area contributed by atoms with Gasteiger partial charge in [0.1, 0.15) is 5.82 Å². The van der Waals surface area contributed by atoms with Gasteiger partial charge in [-0.05, 0) is 42.4 Å². The molecule has 0 amide bonds. The van der Waals surface area contributed by atoms with Crippen LogP contribution in [0.15, 0.2) is 97.3 Å². The van der Waals surface area contributed by atoms with Crippen molar-refractivity contribution in [1.82, 2.24) is 9.80 Å². The number of nitrogens with zero attached hydrogens (tertiary/aromatic N) is 2. The van der Waals surface area contributed by atoms with Crippen LogP contribution in [0.1, 0.15) is 5.56 Å². The first kappa shape index (κ1) is 18.7. The van der Waals surface area contributed by atoms with Crippen LogP contribution in [-0.4, -0.2) is 29.2 Å². The van der Waals surface area contributed by atoms with Crippen LogP contribution in [0.5, 0.6) is 0 Å². The van der Waals surface area contributed by atoms with Crippen LogP contribution >= 0.6 is 7.92 Å². The van der Waals surface area contributed by atoms with Gasteiger partial charge in [0.15, 0.2) is 0 Å². The van der Waals surface area contributed by atoms with Gasteiger partial charge in [-0.3, -0.25) is 0 Å². The summed E-state index contributed by atoms with van der Waals surface area (Å²) in [5, 5.41) is 2.85. The third kappa shape index (κ3) is 4.79. The maximum atomic E-state index is 13.1. The van der Waals surface area contributed by atoms with Crippen molar-refractivity contribution in [2.75, 3.05) is 19.4 Å². The number of benzene rings is 3. The zero-order valence-corrected chi connectivity index (χ0v) is 16.7. The van der Waals surface area contributed by atoms with Crippen LogP contribution in [-0.2, 0) is 6.54 Å². The van der Waals surface area contributed by atoms with Gasteiger partial charge in [0.25, 0.3) is 0 Å². The molecule has 3 aromatic rings. The largest absolute Gasteiger partial charge is 0.358 e. The molecule has 1 aliphatic rings. The van der Waals surface area contributed by atoms with Crippen LogP contribution in [0.25, 0.3) is 0 Å². The average Bonchev–Trinajstić information content (AvgIpc) is 3.19. The molecule has 0 radical (unpaired) electrons. The van der Waals surface area contributed by atoms with Gasteiger partial charge < -0.3 is 9.80 Å². The molecule has 0 aliphatic carbocycles. The van der Waals surface area contributed by atoms with Crippen molar-refractivity contribution in [3.05, 3.63) is 109 Å². The molecular formula is C24H24FN2P. The van der Waals surface area contributed by atoms with Crippen molar-refractivity contribution < 1.29 is 4.39 Å². The normalized spacial score (nSPS) is 13.5. The minimum absolute atomic E-state index is 0.183. The summed E-state index contributed by atoms with van der Waals surface area (Å²) in [6.45, 7) is 2.70. The van der Waals surface area contributed by atoms with E-state index in [1.54, 1.807) is 0 Å². The van der Waals surface area contributed by atoms with Crippen LogP contribution in [0.4, 0.5) is 4.39 Å². The van der Waals surface area contributed by atoms with Crippen molar-refractivity contribution in [2.45, 2.75) is 6.54 Å². The molecule has 0 N–H and O–H groups in total. The van der Waals surface area contributed by atoms with E-state index in [0.717, 1.165) is 31.5 Å². The van der Waals surface area contributed by atoms with E-state index in [4.69, 9.17) is 0 Å². The number of rotatable bonds is 7. The predicted octanol–water partition coefficient (Wildman–Crippen LogP) is 4.50. The summed E-state index contributed by atoms with van der Waals surface area (Å²) in [4.78, 5) is 4.63. The van der Waals surface area contributed by atoms with Gasteiger partial charge in [0.2, 0.25) is 0 Å². The molecule has 0 unspecified atom stereocenters. The zero-order valence-electron chi connectivity index (χ0n) is 15.8. The fraction of sp³-hybridized carbons (Fsp3) is 0.167. The fourth-order valence-corrected chi connectivity index (χ4v) is 5.78. The summed E-state index contributed by atoms with van der Waals surface area (Å²) >= 11 is 0. The van der Waals surface area contributed by atoms with E-state index in [0.29, 0.717) is 0 Å². The summed E-state index contributed by atoms with van der Waals surface area (Å²) in [5.74, 6) is -0.183. The predicted molar refractivity (Wildman–Crippen MR) is 117 cm³/mol. The Hall–Kier alpha value is -2.64. The van der Waals surface area contributed by atoms with E-state index in [-0.39, 0.29) is 13.7 Å². The number of hydrogen-bond acceptors (Lipinski definition) is 2. The van der Waals surface area contributed by atoms with Gasteiger partial charge in [-0.1, -0.05) is 72.8 Å². The van der Waals surface area contributed by atoms with E-state index < -0.39 is 0 Å². The summed E-state index contributed by atoms with van der Waals surface area (Å²) in [6.07, 6.45) is 5.43. The molecule has 1 heterocycles. The third-order valence-corrected chi connectivity index (χ3v) is 7.39. The fourth-order valence-electron chi connectivity index (χ4n) is 3.44. The van der Waals surface area contributed by atoms with Crippen LogP contribution < -0.4 is 10.6 Å². The molecule has 2 nitrogen and oxygen atoms in total. The molecule has 0 atom stereocenters. The summed E-state index contributed by atoms with van der Waals surface area (Å²) < 4.78 is 13.1. The molecule has 28 heavy (non-hydrogen) atoms. The Labute approximate surface area is 167 Å². The lowest BCUT2D eigenvalue weighted by Crippen LogP contribution is -2.28. The van der Waals surface area contributed by atoms with E-state index in [2.05, 4.69) is 82.9 Å². The summed E-state index contributed by atoms with van der Waals surface area (Å²) in [5.41, 5.74) is 1.13. The van der Waals surface area contributed by atoms with Crippen molar-refractivity contribution >= 4 is 18.5 Å². The Kier molecular flexibility index (Phi) is 6.04. The third-order valence-electron chi connectivity index (χ3n) is 4.90. The lowest BCUT2D eigenvalue weighted by atomic mass is 10.2. The van der Waals surface area contributed by atoms with Crippen molar-refractivity contribution in [3.8, 4) is 0 Å². The second-order valence-electron chi connectivity index (χ2n) is 6.95. The molecule has 3 aromatic carbocycles.